The summed E-state index contributed by atoms with van der Waals surface area (Å²) in [5.41, 5.74) is 6.30. The van der Waals surface area contributed by atoms with Crippen LogP contribution in [0.5, 0.6) is 0 Å². The molecule has 0 aromatic carbocycles. The van der Waals surface area contributed by atoms with Gasteiger partial charge in [0.25, 0.3) is 0 Å². The van der Waals surface area contributed by atoms with E-state index in [9.17, 15) is 5.11 Å². The Bertz CT molecular complexity index is 150. The summed E-state index contributed by atoms with van der Waals surface area (Å²) in [6.45, 7) is 6.69. The third-order valence-electron chi connectivity index (χ3n) is 3.26. The normalized spacial score (nSPS) is 24.8. The average molecular weight is 171 g/mol. The van der Waals surface area contributed by atoms with Crippen LogP contribution in [-0.4, -0.2) is 17.8 Å². The van der Waals surface area contributed by atoms with E-state index < -0.39 is 0 Å². The van der Waals surface area contributed by atoms with Crippen LogP contribution in [0.1, 0.15) is 40.0 Å². The molecule has 0 amide bonds. The van der Waals surface area contributed by atoms with E-state index >= 15 is 0 Å². The molecule has 1 rings (SSSR count). The van der Waals surface area contributed by atoms with E-state index in [4.69, 9.17) is 5.73 Å². The Balaban J connectivity index is 2.67. The van der Waals surface area contributed by atoms with Gasteiger partial charge in [-0.1, -0.05) is 27.2 Å². The first-order valence-electron chi connectivity index (χ1n) is 4.79. The molecule has 0 bridgehead atoms. The zero-order valence-corrected chi connectivity index (χ0v) is 8.43. The van der Waals surface area contributed by atoms with Gasteiger partial charge >= 0.3 is 0 Å². The average Bonchev–Trinajstić information content (AvgIpc) is 1.84. The van der Waals surface area contributed by atoms with Gasteiger partial charge in [0.05, 0.1) is 6.61 Å². The van der Waals surface area contributed by atoms with E-state index in [2.05, 4.69) is 20.8 Å². The maximum atomic E-state index is 9.29. The van der Waals surface area contributed by atoms with Gasteiger partial charge in [-0.15, -0.1) is 0 Å². The van der Waals surface area contributed by atoms with Gasteiger partial charge < -0.3 is 10.8 Å². The first-order chi connectivity index (χ1) is 5.42. The number of nitrogens with two attached hydrogens (primary N) is 1. The smallest absolute Gasteiger partial charge is 0.0502 e. The molecular weight excluding hydrogens is 150 g/mol. The molecule has 0 spiro atoms. The molecule has 0 heterocycles. The SMILES string of the molecule is CC(C)(C)C(N)C1(CO)CCC1. The molecule has 1 atom stereocenters. The molecule has 0 radical (unpaired) electrons. The van der Waals surface area contributed by atoms with Crippen LogP contribution in [0.15, 0.2) is 0 Å². The van der Waals surface area contributed by atoms with E-state index in [1.54, 1.807) is 0 Å². The predicted octanol–water partition coefficient (Wildman–Crippen LogP) is 1.52. The van der Waals surface area contributed by atoms with Crippen molar-refractivity contribution in [3.63, 3.8) is 0 Å². The highest BCUT2D eigenvalue weighted by Gasteiger charge is 2.46. The summed E-state index contributed by atoms with van der Waals surface area (Å²) in [6, 6.07) is 0.128. The maximum Gasteiger partial charge on any atom is 0.0502 e. The molecule has 2 nitrogen and oxygen atoms in total. The molecule has 0 aromatic rings. The fourth-order valence-electron chi connectivity index (χ4n) is 2.12. The summed E-state index contributed by atoms with van der Waals surface area (Å²) in [6.07, 6.45) is 3.42. The summed E-state index contributed by atoms with van der Waals surface area (Å²) in [4.78, 5) is 0. The topological polar surface area (TPSA) is 46.2 Å². The van der Waals surface area contributed by atoms with Crippen molar-refractivity contribution in [2.45, 2.75) is 46.1 Å². The molecule has 1 saturated carbocycles. The fourth-order valence-corrected chi connectivity index (χ4v) is 2.12. The zero-order valence-electron chi connectivity index (χ0n) is 8.43. The van der Waals surface area contributed by atoms with Crippen molar-refractivity contribution >= 4 is 0 Å². The van der Waals surface area contributed by atoms with Gasteiger partial charge in [0, 0.05) is 11.5 Å². The third kappa shape index (κ3) is 1.50. The van der Waals surface area contributed by atoms with Gasteiger partial charge in [0.1, 0.15) is 0 Å². The van der Waals surface area contributed by atoms with Crippen LogP contribution in [0.4, 0.5) is 0 Å². The first-order valence-corrected chi connectivity index (χ1v) is 4.79. The standard InChI is InChI=1S/C10H21NO/c1-9(2,3)8(11)10(7-12)5-4-6-10/h8,12H,4-7,11H2,1-3H3. The van der Waals surface area contributed by atoms with Crippen LogP contribution < -0.4 is 5.73 Å². The molecule has 12 heavy (non-hydrogen) atoms. The first kappa shape index (κ1) is 10.0. The van der Waals surface area contributed by atoms with Gasteiger partial charge in [-0.05, 0) is 18.3 Å². The van der Waals surface area contributed by atoms with Crippen LogP contribution in [0.25, 0.3) is 0 Å². The van der Waals surface area contributed by atoms with Crippen LogP contribution in [0.3, 0.4) is 0 Å². The molecule has 0 aliphatic heterocycles. The van der Waals surface area contributed by atoms with Crippen molar-refractivity contribution < 1.29 is 5.11 Å². The van der Waals surface area contributed by atoms with E-state index in [0.29, 0.717) is 0 Å². The van der Waals surface area contributed by atoms with Crippen LogP contribution in [0, 0.1) is 10.8 Å². The van der Waals surface area contributed by atoms with Crippen molar-refractivity contribution in [3.05, 3.63) is 0 Å². The van der Waals surface area contributed by atoms with Gasteiger partial charge in [0.2, 0.25) is 0 Å². The molecule has 1 aliphatic rings. The lowest BCUT2D eigenvalue weighted by Gasteiger charge is -2.50. The lowest BCUT2D eigenvalue weighted by Crippen LogP contribution is -2.55. The maximum absolute atomic E-state index is 9.29. The molecule has 0 saturated heterocycles. The number of hydrogen-bond acceptors (Lipinski definition) is 2. The van der Waals surface area contributed by atoms with Crippen molar-refractivity contribution in [1.82, 2.24) is 0 Å². The number of aliphatic hydroxyl groups is 1. The van der Waals surface area contributed by atoms with E-state index in [1.807, 2.05) is 0 Å². The molecule has 72 valence electrons. The molecule has 1 fully saturated rings. The highest BCUT2D eigenvalue weighted by atomic mass is 16.3. The summed E-state index contributed by atoms with van der Waals surface area (Å²) in [5.74, 6) is 0. The van der Waals surface area contributed by atoms with Gasteiger partial charge in [-0.2, -0.15) is 0 Å². The highest BCUT2D eigenvalue weighted by Crippen LogP contribution is 2.47. The third-order valence-corrected chi connectivity index (χ3v) is 3.26. The summed E-state index contributed by atoms with van der Waals surface area (Å²) in [7, 11) is 0. The Morgan fingerprint density at radius 3 is 2.00 bits per heavy atom. The van der Waals surface area contributed by atoms with Crippen molar-refractivity contribution in [2.24, 2.45) is 16.6 Å². The molecule has 2 heteroatoms. The van der Waals surface area contributed by atoms with Crippen molar-refractivity contribution in [1.29, 1.82) is 0 Å². The van der Waals surface area contributed by atoms with Crippen LogP contribution >= 0.6 is 0 Å². The monoisotopic (exact) mass is 171 g/mol. The summed E-state index contributed by atoms with van der Waals surface area (Å²) < 4.78 is 0. The number of hydrogen-bond donors (Lipinski definition) is 2. The Hall–Kier alpha value is -0.0800. The minimum Gasteiger partial charge on any atom is -0.396 e. The van der Waals surface area contributed by atoms with Crippen molar-refractivity contribution in [3.8, 4) is 0 Å². The Kier molecular flexibility index (Phi) is 2.50. The van der Waals surface area contributed by atoms with Crippen LogP contribution in [0.2, 0.25) is 0 Å². The molecule has 1 aliphatic carbocycles. The highest BCUT2D eigenvalue weighted by molar-refractivity contribution is 5.00. The summed E-state index contributed by atoms with van der Waals surface area (Å²) in [5, 5.41) is 9.29. The lowest BCUT2D eigenvalue weighted by molar-refractivity contribution is -0.0160. The van der Waals surface area contributed by atoms with Gasteiger partial charge in [-0.3, -0.25) is 0 Å². The van der Waals surface area contributed by atoms with Gasteiger partial charge in [-0.25, -0.2) is 0 Å². The molecule has 0 aromatic heterocycles. The molecule has 1 unspecified atom stereocenters. The quantitative estimate of drug-likeness (QED) is 0.661. The van der Waals surface area contributed by atoms with Gasteiger partial charge in [0.15, 0.2) is 0 Å². The number of aliphatic hydroxyl groups excluding tert-OH is 1. The van der Waals surface area contributed by atoms with Crippen LogP contribution in [-0.2, 0) is 0 Å². The second-order valence-electron chi connectivity index (χ2n) is 5.22. The van der Waals surface area contributed by atoms with E-state index in [-0.39, 0.29) is 23.5 Å². The second-order valence-corrected chi connectivity index (χ2v) is 5.22. The second kappa shape index (κ2) is 3.00. The minimum atomic E-state index is 0.0399. The summed E-state index contributed by atoms with van der Waals surface area (Å²) >= 11 is 0. The van der Waals surface area contributed by atoms with E-state index in [0.717, 1.165) is 12.8 Å². The Morgan fingerprint density at radius 1 is 1.42 bits per heavy atom. The molecular formula is C10H21NO. The predicted molar refractivity (Wildman–Crippen MR) is 50.8 cm³/mol. The molecule has 3 N–H and O–H groups in total. The largest absolute Gasteiger partial charge is 0.396 e. The van der Waals surface area contributed by atoms with E-state index in [1.165, 1.54) is 6.42 Å². The Morgan fingerprint density at radius 2 is 1.92 bits per heavy atom. The Labute approximate surface area is 75.2 Å². The zero-order chi connectivity index (χ0) is 9.41. The fraction of sp³-hybridized carbons (Fsp3) is 1.00. The minimum absolute atomic E-state index is 0.0399. The number of rotatable bonds is 2. The van der Waals surface area contributed by atoms with Crippen molar-refractivity contribution in [2.75, 3.05) is 6.61 Å². The lowest BCUT2D eigenvalue weighted by atomic mass is 9.59.